The molecule has 0 spiro atoms. The van der Waals surface area contributed by atoms with Crippen molar-refractivity contribution in [2.24, 2.45) is 0 Å². The second kappa shape index (κ2) is 5.83. The molecule has 0 atom stereocenters. The van der Waals surface area contributed by atoms with Crippen LogP contribution < -0.4 is 16.6 Å². The van der Waals surface area contributed by atoms with E-state index >= 15 is 0 Å². The van der Waals surface area contributed by atoms with Crippen LogP contribution in [0.25, 0.3) is 0 Å². The third-order valence-electron chi connectivity index (χ3n) is 3.26. The van der Waals surface area contributed by atoms with Crippen molar-refractivity contribution in [1.82, 2.24) is 4.57 Å². The zero-order valence-corrected chi connectivity index (χ0v) is 12.4. The maximum absolute atomic E-state index is 12.1. The summed E-state index contributed by atoms with van der Waals surface area (Å²) in [6.07, 6.45) is 1.47. The van der Waals surface area contributed by atoms with Gasteiger partial charge in [-0.2, -0.15) is 0 Å². The van der Waals surface area contributed by atoms with Crippen molar-refractivity contribution >= 4 is 17.3 Å². The SMILES string of the molecule is Cc1cc(C)c(NC(=O)Cn2cc(N)ccc2=O)c(C)c1. The van der Waals surface area contributed by atoms with Crippen molar-refractivity contribution < 1.29 is 4.79 Å². The van der Waals surface area contributed by atoms with Crippen LogP contribution in [0.4, 0.5) is 11.4 Å². The zero-order valence-electron chi connectivity index (χ0n) is 12.4. The summed E-state index contributed by atoms with van der Waals surface area (Å²) in [5.74, 6) is -0.252. The molecule has 1 aromatic heterocycles. The molecule has 2 aromatic rings. The van der Waals surface area contributed by atoms with Crippen molar-refractivity contribution in [2.75, 3.05) is 11.1 Å². The number of nitrogens with zero attached hydrogens (tertiary/aromatic N) is 1. The molecule has 21 heavy (non-hydrogen) atoms. The first-order chi connectivity index (χ1) is 9.86. The summed E-state index contributed by atoms with van der Waals surface area (Å²) in [6.45, 7) is 5.85. The Hall–Kier alpha value is -2.56. The van der Waals surface area contributed by atoms with Gasteiger partial charge < -0.3 is 15.6 Å². The first-order valence-electron chi connectivity index (χ1n) is 6.70. The molecule has 0 fully saturated rings. The molecule has 5 heteroatoms. The smallest absolute Gasteiger partial charge is 0.251 e. The zero-order chi connectivity index (χ0) is 15.6. The highest BCUT2D eigenvalue weighted by Gasteiger charge is 2.09. The summed E-state index contributed by atoms with van der Waals surface area (Å²) in [4.78, 5) is 23.8. The number of hydrogen-bond donors (Lipinski definition) is 2. The lowest BCUT2D eigenvalue weighted by Gasteiger charge is -2.13. The van der Waals surface area contributed by atoms with Crippen LogP contribution >= 0.6 is 0 Å². The molecule has 1 heterocycles. The van der Waals surface area contributed by atoms with Crippen LogP contribution in [0.3, 0.4) is 0 Å². The number of nitrogens with two attached hydrogens (primary N) is 1. The van der Waals surface area contributed by atoms with Gasteiger partial charge in [0, 0.05) is 23.6 Å². The number of anilines is 2. The van der Waals surface area contributed by atoms with E-state index in [-0.39, 0.29) is 18.0 Å². The van der Waals surface area contributed by atoms with E-state index in [4.69, 9.17) is 5.73 Å². The summed E-state index contributed by atoms with van der Waals surface area (Å²) in [5.41, 5.74) is 9.77. The third-order valence-corrected chi connectivity index (χ3v) is 3.26. The third kappa shape index (κ3) is 3.51. The topological polar surface area (TPSA) is 77.1 Å². The van der Waals surface area contributed by atoms with Gasteiger partial charge >= 0.3 is 0 Å². The summed E-state index contributed by atoms with van der Waals surface area (Å²) >= 11 is 0. The molecule has 2 rings (SSSR count). The number of carbonyl (C=O) groups excluding carboxylic acids is 1. The van der Waals surface area contributed by atoms with Gasteiger partial charge in [-0.25, -0.2) is 0 Å². The van der Waals surface area contributed by atoms with Gasteiger partial charge in [0.1, 0.15) is 6.54 Å². The maximum atomic E-state index is 12.1. The van der Waals surface area contributed by atoms with Crippen molar-refractivity contribution in [3.63, 3.8) is 0 Å². The minimum absolute atomic E-state index is 0.0589. The molecule has 0 bridgehead atoms. The van der Waals surface area contributed by atoms with Gasteiger partial charge in [0.25, 0.3) is 5.56 Å². The fraction of sp³-hybridized carbons (Fsp3) is 0.250. The number of carbonyl (C=O) groups is 1. The summed E-state index contributed by atoms with van der Waals surface area (Å²) in [5, 5.41) is 2.86. The number of nitrogen functional groups attached to an aromatic ring is 1. The standard InChI is InChI=1S/C16H19N3O2/c1-10-6-11(2)16(12(3)7-10)18-14(20)9-19-8-13(17)4-5-15(19)21/h4-8H,9,17H2,1-3H3,(H,18,20). The van der Waals surface area contributed by atoms with E-state index in [0.29, 0.717) is 5.69 Å². The molecule has 0 aliphatic rings. The lowest BCUT2D eigenvalue weighted by Crippen LogP contribution is -2.27. The fourth-order valence-corrected chi connectivity index (χ4v) is 2.38. The summed E-state index contributed by atoms with van der Waals surface area (Å²) < 4.78 is 1.30. The first-order valence-corrected chi connectivity index (χ1v) is 6.70. The number of nitrogens with one attached hydrogen (secondary N) is 1. The summed E-state index contributed by atoms with van der Waals surface area (Å²) in [6, 6.07) is 6.89. The van der Waals surface area contributed by atoms with Gasteiger partial charge in [-0.15, -0.1) is 0 Å². The van der Waals surface area contributed by atoms with E-state index in [1.165, 1.54) is 22.9 Å². The Morgan fingerprint density at radius 1 is 1.19 bits per heavy atom. The highest BCUT2D eigenvalue weighted by atomic mass is 16.2. The number of hydrogen-bond acceptors (Lipinski definition) is 3. The minimum Gasteiger partial charge on any atom is -0.398 e. The minimum atomic E-state index is -0.253. The van der Waals surface area contributed by atoms with Crippen molar-refractivity contribution in [1.29, 1.82) is 0 Å². The molecule has 0 radical (unpaired) electrons. The van der Waals surface area contributed by atoms with Crippen LogP contribution in [0.2, 0.25) is 0 Å². The van der Waals surface area contributed by atoms with E-state index in [2.05, 4.69) is 5.32 Å². The molecule has 1 aromatic carbocycles. The highest BCUT2D eigenvalue weighted by molar-refractivity contribution is 5.92. The lowest BCUT2D eigenvalue weighted by atomic mass is 10.1. The predicted octanol–water partition coefficient (Wildman–Crippen LogP) is 1.99. The van der Waals surface area contributed by atoms with E-state index in [0.717, 1.165) is 22.4 Å². The number of pyridine rings is 1. The molecule has 110 valence electrons. The quantitative estimate of drug-likeness (QED) is 0.905. The van der Waals surface area contributed by atoms with Crippen molar-refractivity contribution in [3.05, 3.63) is 57.5 Å². The van der Waals surface area contributed by atoms with Crippen LogP contribution in [0.1, 0.15) is 16.7 Å². The van der Waals surface area contributed by atoms with Crippen molar-refractivity contribution in [3.8, 4) is 0 Å². The molecule has 3 N–H and O–H groups in total. The first kappa shape index (κ1) is 14.8. The van der Waals surface area contributed by atoms with Gasteiger partial charge in [-0.1, -0.05) is 17.7 Å². The number of aryl methyl sites for hydroxylation is 3. The Labute approximate surface area is 123 Å². The molecule has 0 aliphatic carbocycles. The molecule has 0 saturated heterocycles. The van der Waals surface area contributed by atoms with Crippen LogP contribution in [-0.4, -0.2) is 10.5 Å². The van der Waals surface area contributed by atoms with Gasteiger partial charge in [-0.05, 0) is 38.0 Å². The van der Waals surface area contributed by atoms with E-state index in [1.807, 2.05) is 32.9 Å². The molecule has 0 saturated carbocycles. The number of aromatic nitrogens is 1. The van der Waals surface area contributed by atoms with Crippen molar-refractivity contribution in [2.45, 2.75) is 27.3 Å². The maximum Gasteiger partial charge on any atom is 0.251 e. The van der Waals surface area contributed by atoms with Crippen LogP contribution in [0.5, 0.6) is 0 Å². The Morgan fingerprint density at radius 2 is 1.81 bits per heavy atom. The van der Waals surface area contributed by atoms with Gasteiger partial charge in [0.15, 0.2) is 0 Å². The number of amides is 1. The summed E-state index contributed by atoms with van der Waals surface area (Å²) in [7, 11) is 0. The second-order valence-corrected chi connectivity index (χ2v) is 5.25. The molecular formula is C16H19N3O2. The number of benzene rings is 1. The molecular weight excluding hydrogens is 266 g/mol. The molecule has 1 amide bonds. The van der Waals surface area contributed by atoms with E-state index in [1.54, 1.807) is 0 Å². The second-order valence-electron chi connectivity index (χ2n) is 5.25. The Morgan fingerprint density at radius 3 is 2.43 bits per heavy atom. The Bertz CT molecular complexity index is 724. The highest BCUT2D eigenvalue weighted by Crippen LogP contribution is 2.21. The van der Waals surface area contributed by atoms with Gasteiger partial charge in [-0.3, -0.25) is 9.59 Å². The fourth-order valence-electron chi connectivity index (χ4n) is 2.38. The molecule has 0 unspecified atom stereocenters. The van der Waals surface area contributed by atoms with Crippen LogP contribution in [0.15, 0.2) is 35.3 Å². The Balaban J connectivity index is 2.19. The van der Waals surface area contributed by atoms with Crippen LogP contribution in [-0.2, 0) is 11.3 Å². The monoisotopic (exact) mass is 285 g/mol. The normalized spacial score (nSPS) is 10.4. The van der Waals surface area contributed by atoms with E-state index < -0.39 is 0 Å². The molecule has 0 aliphatic heterocycles. The Kier molecular flexibility index (Phi) is 4.12. The average molecular weight is 285 g/mol. The molecule has 5 nitrogen and oxygen atoms in total. The van der Waals surface area contributed by atoms with Gasteiger partial charge in [0.05, 0.1) is 0 Å². The predicted molar refractivity (Wildman–Crippen MR) is 84.4 cm³/mol. The number of rotatable bonds is 3. The van der Waals surface area contributed by atoms with Crippen LogP contribution in [0, 0.1) is 20.8 Å². The van der Waals surface area contributed by atoms with E-state index in [9.17, 15) is 9.59 Å². The van der Waals surface area contributed by atoms with Gasteiger partial charge in [0.2, 0.25) is 5.91 Å². The average Bonchev–Trinajstić information content (AvgIpc) is 2.38. The largest absolute Gasteiger partial charge is 0.398 e. The lowest BCUT2D eigenvalue weighted by molar-refractivity contribution is -0.116.